The maximum absolute atomic E-state index is 12.2. The van der Waals surface area contributed by atoms with Crippen molar-refractivity contribution in [2.45, 2.75) is 12.6 Å². The first-order chi connectivity index (χ1) is 11.7. The predicted molar refractivity (Wildman–Crippen MR) is 89.0 cm³/mol. The third kappa shape index (κ3) is 5.40. The van der Waals surface area contributed by atoms with Crippen LogP contribution in [-0.2, 0) is 16.1 Å². The van der Waals surface area contributed by atoms with E-state index in [4.69, 9.17) is 9.84 Å². The van der Waals surface area contributed by atoms with Crippen molar-refractivity contribution in [3.05, 3.63) is 71.8 Å². The average Bonchev–Trinajstić information content (AvgIpc) is 2.64. The molecule has 24 heavy (non-hydrogen) atoms. The highest BCUT2D eigenvalue weighted by molar-refractivity contribution is 5.86. The Bertz CT molecular complexity index is 647. The maximum atomic E-state index is 12.2. The van der Waals surface area contributed by atoms with Crippen LogP contribution in [-0.4, -0.2) is 30.3 Å². The molecule has 2 aromatic carbocycles. The van der Waals surface area contributed by atoms with Crippen molar-refractivity contribution in [1.29, 1.82) is 0 Å². The number of ether oxygens (including phenoxy) is 1. The highest BCUT2D eigenvalue weighted by Gasteiger charge is 2.22. The van der Waals surface area contributed by atoms with Gasteiger partial charge in [-0.15, -0.1) is 0 Å². The van der Waals surface area contributed by atoms with Gasteiger partial charge in [0.1, 0.15) is 12.6 Å². The summed E-state index contributed by atoms with van der Waals surface area (Å²) < 4.78 is 5.16. The number of alkyl carbamates (subject to hydrolysis) is 1. The number of carbonyl (C=O) groups is 2. The Morgan fingerprint density at radius 3 is 2.25 bits per heavy atom. The molecule has 0 fully saturated rings. The van der Waals surface area contributed by atoms with Gasteiger partial charge in [-0.3, -0.25) is 4.79 Å². The molecule has 0 aliphatic heterocycles. The number of rotatable bonds is 7. The summed E-state index contributed by atoms with van der Waals surface area (Å²) in [6.07, 6.45) is -0.688. The van der Waals surface area contributed by atoms with Crippen LogP contribution >= 0.6 is 0 Å². The molecule has 0 bridgehead atoms. The molecule has 6 nitrogen and oxygen atoms in total. The van der Waals surface area contributed by atoms with Crippen LogP contribution in [0.5, 0.6) is 0 Å². The van der Waals surface area contributed by atoms with Gasteiger partial charge in [-0.25, -0.2) is 4.79 Å². The van der Waals surface area contributed by atoms with E-state index in [-0.39, 0.29) is 19.8 Å². The Balaban J connectivity index is 1.99. The number of carbonyl (C=O) groups excluding carboxylic acids is 2. The van der Waals surface area contributed by atoms with Gasteiger partial charge in [0.05, 0.1) is 6.61 Å². The Morgan fingerprint density at radius 2 is 1.62 bits per heavy atom. The van der Waals surface area contributed by atoms with E-state index in [1.54, 1.807) is 24.3 Å². The molecule has 2 aromatic rings. The van der Waals surface area contributed by atoms with E-state index in [9.17, 15) is 9.59 Å². The summed E-state index contributed by atoms with van der Waals surface area (Å²) in [5.41, 5.74) is 1.48. The molecule has 6 heteroatoms. The van der Waals surface area contributed by atoms with Crippen molar-refractivity contribution >= 4 is 12.0 Å². The first-order valence-electron chi connectivity index (χ1n) is 7.61. The number of amides is 2. The van der Waals surface area contributed by atoms with E-state index in [0.29, 0.717) is 5.56 Å². The molecule has 0 saturated heterocycles. The van der Waals surface area contributed by atoms with Crippen LogP contribution < -0.4 is 10.6 Å². The number of benzene rings is 2. The lowest BCUT2D eigenvalue weighted by atomic mass is 10.1. The molecular weight excluding hydrogens is 308 g/mol. The third-order valence-electron chi connectivity index (χ3n) is 3.28. The van der Waals surface area contributed by atoms with Crippen LogP contribution in [0.15, 0.2) is 60.7 Å². The minimum atomic E-state index is -0.888. The summed E-state index contributed by atoms with van der Waals surface area (Å²) in [6.45, 7) is 0.0566. The topological polar surface area (TPSA) is 87.7 Å². The van der Waals surface area contributed by atoms with Crippen molar-refractivity contribution in [3.63, 3.8) is 0 Å². The zero-order chi connectivity index (χ0) is 17.2. The highest BCUT2D eigenvalue weighted by atomic mass is 16.5. The van der Waals surface area contributed by atoms with Crippen molar-refractivity contribution < 1.29 is 19.4 Å². The van der Waals surface area contributed by atoms with Gasteiger partial charge in [-0.2, -0.15) is 0 Å². The summed E-state index contributed by atoms with van der Waals surface area (Å²) in [7, 11) is 0. The SMILES string of the molecule is O=C(N[C@@H](C(=O)NCCO)c1ccccc1)OCc1ccccc1. The summed E-state index contributed by atoms with van der Waals surface area (Å²) >= 11 is 0. The molecule has 0 aromatic heterocycles. The zero-order valence-electron chi connectivity index (χ0n) is 13.1. The van der Waals surface area contributed by atoms with Crippen LogP contribution in [0.4, 0.5) is 4.79 Å². The summed E-state index contributed by atoms with van der Waals surface area (Å²) in [5, 5.41) is 13.9. The number of aliphatic hydroxyl groups excluding tert-OH is 1. The van der Waals surface area contributed by atoms with Gasteiger partial charge in [-0.1, -0.05) is 60.7 Å². The smallest absolute Gasteiger partial charge is 0.408 e. The third-order valence-corrected chi connectivity index (χ3v) is 3.28. The van der Waals surface area contributed by atoms with Crippen LogP contribution in [0.1, 0.15) is 17.2 Å². The summed E-state index contributed by atoms with van der Waals surface area (Å²) in [4.78, 5) is 24.2. The van der Waals surface area contributed by atoms with E-state index in [1.807, 2.05) is 36.4 Å². The van der Waals surface area contributed by atoms with Crippen molar-refractivity contribution in [2.75, 3.05) is 13.2 Å². The zero-order valence-corrected chi connectivity index (χ0v) is 13.1. The predicted octanol–water partition coefficient (Wildman–Crippen LogP) is 1.76. The van der Waals surface area contributed by atoms with Gasteiger partial charge < -0.3 is 20.5 Å². The molecular formula is C18H20N2O4. The lowest BCUT2D eigenvalue weighted by molar-refractivity contribution is -0.123. The molecule has 0 heterocycles. The quantitative estimate of drug-likeness (QED) is 0.723. The number of hydrogen-bond acceptors (Lipinski definition) is 4. The van der Waals surface area contributed by atoms with Crippen LogP contribution in [0.3, 0.4) is 0 Å². The van der Waals surface area contributed by atoms with Gasteiger partial charge in [0.2, 0.25) is 5.91 Å². The van der Waals surface area contributed by atoms with Gasteiger partial charge in [0, 0.05) is 6.54 Å². The molecule has 0 radical (unpaired) electrons. The number of hydrogen-bond donors (Lipinski definition) is 3. The lowest BCUT2D eigenvalue weighted by Gasteiger charge is -2.18. The minimum Gasteiger partial charge on any atom is -0.445 e. The van der Waals surface area contributed by atoms with E-state index >= 15 is 0 Å². The Kier molecular flexibility index (Phi) is 6.79. The fourth-order valence-electron chi connectivity index (χ4n) is 2.11. The van der Waals surface area contributed by atoms with Crippen LogP contribution in [0, 0.1) is 0 Å². The van der Waals surface area contributed by atoms with E-state index in [2.05, 4.69) is 10.6 Å². The summed E-state index contributed by atoms with van der Waals surface area (Å²) in [6, 6.07) is 17.2. The second kappa shape index (κ2) is 9.32. The monoisotopic (exact) mass is 328 g/mol. The first-order valence-corrected chi connectivity index (χ1v) is 7.61. The number of aliphatic hydroxyl groups is 1. The molecule has 0 aliphatic carbocycles. The van der Waals surface area contributed by atoms with Gasteiger partial charge in [-0.05, 0) is 11.1 Å². The molecule has 126 valence electrons. The van der Waals surface area contributed by atoms with Crippen molar-refractivity contribution in [3.8, 4) is 0 Å². The fraction of sp³-hybridized carbons (Fsp3) is 0.222. The molecule has 2 rings (SSSR count). The van der Waals surface area contributed by atoms with Gasteiger partial charge in [0.25, 0.3) is 0 Å². The minimum absolute atomic E-state index is 0.114. The number of nitrogens with one attached hydrogen (secondary N) is 2. The van der Waals surface area contributed by atoms with Gasteiger partial charge >= 0.3 is 6.09 Å². The fourth-order valence-corrected chi connectivity index (χ4v) is 2.11. The van der Waals surface area contributed by atoms with E-state index < -0.39 is 18.0 Å². The first kappa shape index (κ1) is 17.5. The van der Waals surface area contributed by atoms with E-state index in [1.165, 1.54) is 0 Å². The van der Waals surface area contributed by atoms with Crippen LogP contribution in [0.2, 0.25) is 0 Å². The molecule has 0 spiro atoms. The van der Waals surface area contributed by atoms with Crippen LogP contribution in [0.25, 0.3) is 0 Å². The summed E-state index contributed by atoms with van der Waals surface area (Å²) in [5.74, 6) is -0.410. The second-order valence-electron chi connectivity index (χ2n) is 5.06. The Morgan fingerprint density at radius 1 is 1.00 bits per heavy atom. The molecule has 0 unspecified atom stereocenters. The average molecular weight is 328 g/mol. The maximum Gasteiger partial charge on any atom is 0.408 e. The molecule has 1 atom stereocenters. The van der Waals surface area contributed by atoms with Crippen molar-refractivity contribution in [2.24, 2.45) is 0 Å². The molecule has 3 N–H and O–H groups in total. The molecule has 0 aliphatic rings. The second-order valence-corrected chi connectivity index (χ2v) is 5.06. The molecule has 0 saturated carbocycles. The lowest BCUT2D eigenvalue weighted by Crippen LogP contribution is -2.41. The largest absolute Gasteiger partial charge is 0.445 e. The highest BCUT2D eigenvalue weighted by Crippen LogP contribution is 2.13. The molecule has 2 amide bonds. The Hall–Kier alpha value is -2.86. The van der Waals surface area contributed by atoms with Crippen molar-refractivity contribution in [1.82, 2.24) is 10.6 Å². The Labute approximate surface area is 140 Å². The normalized spacial score (nSPS) is 11.4. The standard InChI is InChI=1S/C18H20N2O4/c21-12-11-19-17(22)16(15-9-5-2-6-10-15)20-18(23)24-13-14-7-3-1-4-8-14/h1-10,16,21H,11-13H2,(H,19,22)(H,20,23)/t16-/m1/s1. The van der Waals surface area contributed by atoms with Gasteiger partial charge in [0.15, 0.2) is 0 Å². The van der Waals surface area contributed by atoms with E-state index in [0.717, 1.165) is 5.56 Å².